The zero-order chi connectivity index (χ0) is 13.4. The van der Waals surface area contributed by atoms with E-state index < -0.39 is 0 Å². The monoisotopic (exact) mass is 381 g/mol. The first-order valence-electron chi connectivity index (χ1n) is 5.81. The first-order valence-corrected chi connectivity index (χ1v) is 7.77. The van der Waals surface area contributed by atoms with Crippen LogP contribution in [0.2, 0.25) is 0 Å². The van der Waals surface area contributed by atoms with Gasteiger partial charge in [0, 0.05) is 10.9 Å². The van der Waals surface area contributed by atoms with Crippen molar-refractivity contribution >= 4 is 39.7 Å². The van der Waals surface area contributed by atoms with E-state index in [4.69, 9.17) is 5.73 Å². The number of aromatic nitrogens is 2. The molecule has 0 aliphatic rings. The van der Waals surface area contributed by atoms with Crippen LogP contribution in [0.5, 0.6) is 0 Å². The number of nitrogens with two attached hydrogens (primary N) is 1. The second kappa shape index (κ2) is 4.97. The lowest BCUT2D eigenvalue weighted by molar-refractivity contribution is 1.10. The molecule has 2 heterocycles. The number of aryl methyl sites for hydroxylation is 1. The molecule has 0 aliphatic heterocycles. The van der Waals surface area contributed by atoms with Gasteiger partial charge >= 0.3 is 0 Å². The van der Waals surface area contributed by atoms with Gasteiger partial charge in [0.2, 0.25) is 0 Å². The summed E-state index contributed by atoms with van der Waals surface area (Å²) in [4.78, 5) is 0. The molecule has 1 aromatic carbocycles. The Balaban J connectivity index is 2.22. The predicted octanol–water partition coefficient (Wildman–Crippen LogP) is 4.30. The smallest absolute Gasteiger partial charge is 0.153 e. The maximum Gasteiger partial charge on any atom is 0.153 e. The molecule has 2 aromatic heterocycles. The van der Waals surface area contributed by atoms with Gasteiger partial charge < -0.3 is 5.73 Å². The summed E-state index contributed by atoms with van der Waals surface area (Å²) in [7, 11) is 0. The molecular weight excluding hydrogens is 369 g/mol. The first-order chi connectivity index (χ1) is 9.16. The number of benzene rings is 1. The summed E-state index contributed by atoms with van der Waals surface area (Å²) in [5, 5.41) is 9.35. The van der Waals surface area contributed by atoms with Gasteiger partial charge in [-0.25, -0.2) is 0 Å². The maximum atomic E-state index is 6.05. The van der Waals surface area contributed by atoms with Gasteiger partial charge in [0.1, 0.15) is 0 Å². The molecule has 0 spiro atoms. The van der Waals surface area contributed by atoms with Crippen LogP contribution in [0.25, 0.3) is 22.4 Å². The minimum absolute atomic E-state index is 0.547. The highest BCUT2D eigenvalue weighted by molar-refractivity contribution is 14.1. The Morgan fingerprint density at radius 3 is 2.79 bits per heavy atom. The average Bonchev–Trinajstić information content (AvgIpc) is 2.96. The van der Waals surface area contributed by atoms with E-state index in [2.05, 4.69) is 63.3 Å². The van der Waals surface area contributed by atoms with Crippen LogP contribution < -0.4 is 5.73 Å². The lowest BCUT2D eigenvalue weighted by atomic mass is 9.98. The highest BCUT2D eigenvalue weighted by atomic mass is 127. The van der Waals surface area contributed by atoms with Crippen LogP contribution in [-0.4, -0.2) is 10.2 Å². The third-order valence-corrected chi connectivity index (χ3v) is 4.85. The number of nitrogens with zero attached hydrogens (tertiary/aromatic N) is 1. The van der Waals surface area contributed by atoms with Crippen molar-refractivity contribution in [2.45, 2.75) is 6.92 Å². The summed E-state index contributed by atoms with van der Waals surface area (Å²) in [6.07, 6.45) is 0. The normalized spacial score (nSPS) is 10.8. The zero-order valence-electron chi connectivity index (χ0n) is 10.3. The van der Waals surface area contributed by atoms with Crippen LogP contribution in [0.1, 0.15) is 5.56 Å². The highest BCUT2D eigenvalue weighted by Gasteiger charge is 2.16. The summed E-state index contributed by atoms with van der Waals surface area (Å²) >= 11 is 4.03. The third kappa shape index (κ3) is 2.28. The minimum Gasteiger partial charge on any atom is -0.382 e. The number of anilines is 1. The largest absolute Gasteiger partial charge is 0.382 e. The molecule has 0 aliphatic carbocycles. The quantitative estimate of drug-likeness (QED) is 0.651. The zero-order valence-corrected chi connectivity index (χ0v) is 13.2. The van der Waals surface area contributed by atoms with Gasteiger partial charge in [-0.15, -0.1) is 11.3 Å². The Labute approximate surface area is 129 Å². The van der Waals surface area contributed by atoms with Crippen LogP contribution >= 0.6 is 33.9 Å². The second-order valence-electron chi connectivity index (χ2n) is 4.31. The van der Waals surface area contributed by atoms with Crippen molar-refractivity contribution in [3.63, 3.8) is 0 Å². The summed E-state index contributed by atoms with van der Waals surface area (Å²) in [6, 6.07) is 10.4. The van der Waals surface area contributed by atoms with Gasteiger partial charge in [0.05, 0.1) is 14.1 Å². The fraction of sp³-hybridized carbons (Fsp3) is 0.0714. The van der Waals surface area contributed by atoms with Gasteiger partial charge in [-0.05, 0) is 46.7 Å². The standard InChI is InChI=1S/C14H12IN3S/c1-8-4-2-3-5-10(8)12-13(17-18-14(12)16)9-6-11(15)19-7-9/h2-7H,1H3,(H3,16,17,18). The topological polar surface area (TPSA) is 54.7 Å². The van der Waals surface area contributed by atoms with Crippen molar-refractivity contribution in [1.82, 2.24) is 10.2 Å². The van der Waals surface area contributed by atoms with Crippen molar-refractivity contribution in [3.05, 3.63) is 44.2 Å². The fourth-order valence-electron chi connectivity index (χ4n) is 2.13. The number of aromatic amines is 1. The Morgan fingerprint density at radius 2 is 2.11 bits per heavy atom. The van der Waals surface area contributed by atoms with E-state index in [1.54, 1.807) is 11.3 Å². The van der Waals surface area contributed by atoms with Crippen molar-refractivity contribution in [2.75, 3.05) is 5.73 Å². The lowest BCUT2D eigenvalue weighted by Gasteiger charge is -2.06. The van der Waals surface area contributed by atoms with Gasteiger partial charge in [-0.1, -0.05) is 24.3 Å². The fourth-order valence-corrected chi connectivity index (χ4v) is 3.47. The van der Waals surface area contributed by atoms with Crippen LogP contribution in [0, 0.1) is 9.81 Å². The minimum atomic E-state index is 0.547. The molecule has 3 N–H and O–H groups in total. The first kappa shape index (κ1) is 12.7. The molecule has 5 heteroatoms. The van der Waals surface area contributed by atoms with Crippen LogP contribution in [-0.2, 0) is 0 Å². The van der Waals surface area contributed by atoms with Crippen molar-refractivity contribution < 1.29 is 0 Å². The molecule has 3 nitrogen and oxygen atoms in total. The Bertz CT molecular complexity index is 730. The number of nitrogens with one attached hydrogen (secondary N) is 1. The van der Waals surface area contributed by atoms with Gasteiger partial charge in [0.15, 0.2) is 5.82 Å². The number of hydrogen-bond donors (Lipinski definition) is 2. The summed E-state index contributed by atoms with van der Waals surface area (Å²) in [5.41, 5.74) is 11.5. The predicted molar refractivity (Wildman–Crippen MR) is 89.2 cm³/mol. The molecule has 0 amide bonds. The van der Waals surface area contributed by atoms with Gasteiger partial charge in [-0.2, -0.15) is 5.10 Å². The lowest BCUT2D eigenvalue weighted by Crippen LogP contribution is -1.90. The van der Waals surface area contributed by atoms with Gasteiger partial charge in [-0.3, -0.25) is 5.10 Å². The SMILES string of the molecule is Cc1ccccc1-c1c(N)n[nH]c1-c1csc(I)c1. The number of hydrogen-bond acceptors (Lipinski definition) is 3. The molecular formula is C14H12IN3S. The summed E-state index contributed by atoms with van der Waals surface area (Å²) < 4.78 is 1.25. The number of nitrogen functional groups attached to an aromatic ring is 1. The van der Waals surface area contributed by atoms with Crippen molar-refractivity contribution in [3.8, 4) is 22.4 Å². The van der Waals surface area contributed by atoms with E-state index in [1.165, 1.54) is 8.45 Å². The number of halogens is 1. The Kier molecular flexibility index (Phi) is 3.32. The third-order valence-electron chi connectivity index (χ3n) is 3.06. The number of H-pyrrole nitrogens is 1. The van der Waals surface area contributed by atoms with E-state index >= 15 is 0 Å². The van der Waals surface area contributed by atoms with Crippen molar-refractivity contribution in [2.24, 2.45) is 0 Å². The van der Waals surface area contributed by atoms with Gasteiger partial charge in [0.25, 0.3) is 0 Å². The Morgan fingerprint density at radius 1 is 1.32 bits per heavy atom. The van der Waals surface area contributed by atoms with E-state index in [0.717, 1.165) is 22.4 Å². The molecule has 0 fully saturated rings. The van der Waals surface area contributed by atoms with E-state index in [1.807, 2.05) is 12.1 Å². The molecule has 0 atom stereocenters. The molecule has 19 heavy (non-hydrogen) atoms. The van der Waals surface area contributed by atoms with E-state index in [9.17, 15) is 0 Å². The number of thiophene rings is 1. The maximum absolute atomic E-state index is 6.05. The van der Waals surface area contributed by atoms with E-state index in [-0.39, 0.29) is 0 Å². The second-order valence-corrected chi connectivity index (χ2v) is 7.12. The molecule has 0 saturated heterocycles. The summed E-state index contributed by atoms with van der Waals surface area (Å²) in [5.74, 6) is 0.547. The number of rotatable bonds is 2. The molecule has 0 bridgehead atoms. The van der Waals surface area contributed by atoms with Crippen molar-refractivity contribution in [1.29, 1.82) is 0 Å². The highest BCUT2D eigenvalue weighted by Crippen LogP contribution is 2.37. The van der Waals surface area contributed by atoms with Crippen LogP contribution in [0.4, 0.5) is 5.82 Å². The molecule has 0 saturated carbocycles. The molecule has 96 valence electrons. The Hall–Kier alpha value is -1.34. The summed E-state index contributed by atoms with van der Waals surface area (Å²) in [6.45, 7) is 2.09. The molecule has 0 unspecified atom stereocenters. The molecule has 3 aromatic rings. The van der Waals surface area contributed by atoms with E-state index in [0.29, 0.717) is 5.82 Å². The van der Waals surface area contributed by atoms with Crippen LogP contribution in [0.15, 0.2) is 35.7 Å². The average molecular weight is 381 g/mol. The van der Waals surface area contributed by atoms with Crippen LogP contribution in [0.3, 0.4) is 0 Å². The molecule has 0 radical (unpaired) electrons. The molecule has 3 rings (SSSR count).